The fraction of sp³-hybridized carbons (Fsp3) is 0.350. The molecule has 0 aliphatic heterocycles. The van der Waals surface area contributed by atoms with Gasteiger partial charge in [-0.05, 0) is 67.3 Å². The van der Waals surface area contributed by atoms with Gasteiger partial charge >= 0.3 is 0 Å². The zero-order valence-electron chi connectivity index (χ0n) is 15.5. The first-order valence-electron chi connectivity index (χ1n) is 9.15. The maximum atomic E-state index is 5.88. The molecule has 1 aromatic carbocycles. The summed E-state index contributed by atoms with van der Waals surface area (Å²) in [5, 5.41) is 13.4. The summed E-state index contributed by atoms with van der Waals surface area (Å²) in [6, 6.07) is 10.2. The zero-order chi connectivity index (χ0) is 18.6. The molecule has 0 bridgehead atoms. The molecule has 0 saturated carbocycles. The first-order valence-corrected chi connectivity index (χ1v) is 10.1. The van der Waals surface area contributed by atoms with Gasteiger partial charge in [-0.25, -0.2) is 0 Å². The Hall–Kier alpha value is -2.54. The van der Waals surface area contributed by atoms with Gasteiger partial charge < -0.3 is 9.15 Å². The Morgan fingerprint density at radius 1 is 1.22 bits per heavy atom. The lowest BCUT2D eigenvalue weighted by molar-refractivity contribution is 0.269. The van der Waals surface area contributed by atoms with Crippen molar-refractivity contribution in [1.82, 2.24) is 14.9 Å². The van der Waals surface area contributed by atoms with E-state index in [1.807, 2.05) is 25.1 Å². The van der Waals surface area contributed by atoms with Crippen LogP contribution >= 0.6 is 11.8 Å². The lowest BCUT2D eigenvalue weighted by Gasteiger charge is -2.06. The van der Waals surface area contributed by atoms with Crippen LogP contribution in [-0.2, 0) is 19.4 Å². The predicted octanol–water partition coefficient (Wildman–Crippen LogP) is 4.24. The number of fused-ring (bicyclic) bond motifs is 1. The highest BCUT2D eigenvalue weighted by molar-refractivity contribution is 7.99. The molecule has 0 saturated heterocycles. The van der Waals surface area contributed by atoms with Gasteiger partial charge in [-0.15, -0.1) is 10.2 Å². The highest BCUT2D eigenvalue weighted by Crippen LogP contribution is 2.26. The van der Waals surface area contributed by atoms with Gasteiger partial charge in [0, 0.05) is 0 Å². The fourth-order valence-electron chi connectivity index (χ4n) is 3.14. The van der Waals surface area contributed by atoms with Gasteiger partial charge in [-0.1, -0.05) is 24.8 Å². The van der Waals surface area contributed by atoms with Crippen LogP contribution < -0.4 is 4.74 Å². The monoisotopic (exact) mass is 382 g/mol. The molecule has 2 aromatic heterocycles. The van der Waals surface area contributed by atoms with Gasteiger partial charge in [0.15, 0.2) is 5.82 Å². The van der Waals surface area contributed by atoms with Crippen molar-refractivity contribution in [3.05, 3.63) is 58.8 Å². The second-order valence-corrected chi connectivity index (χ2v) is 7.63. The summed E-state index contributed by atoms with van der Waals surface area (Å²) in [4.78, 5) is 0. The van der Waals surface area contributed by atoms with E-state index in [2.05, 4.69) is 34.4 Å². The molecule has 0 amide bonds. The molecular weight excluding hydrogens is 360 g/mol. The molecule has 0 radical (unpaired) electrons. The molecule has 2 heterocycles. The van der Waals surface area contributed by atoms with E-state index in [1.54, 1.807) is 22.7 Å². The number of hydrogen-bond acceptors (Lipinski definition) is 6. The fourth-order valence-corrected chi connectivity index (χ4v) is 3.80. The molecule has 7 heteroatoms. The maximum absolute atomic E-state index is 5.88. The average Bonchev–Trinajstić information content (AvgIpc) is 3.39. The van der Waals surface area contributed by atoms with Crippen LogP contribution in [0, 0.1) is 6.92 Å². The third kappa shape index (κ3) is 4.08. The predicted molar refractivity (Wildman–Crippen MR) is 106 cm³/mol. The summed E-state index contributed by atoms with van der Waals surface area (Å²) in [5.41, 5.74) is 2.86. The molecule has 6 nitrogen and oxygen atoms in total. The number of benzene rings is 1. The third-order valence-electron chi connectivity index (χ3n) is 4.48. The standard InChI is InChI=1S/C20H22N4O2S/c1-3-27-20-23-22-14(2)24(20)21-12-18-9-10-19(26-18)13-25-17-8-7-15-5-4-6-16(15)11-17/h7-12H,3-6,13H2,1-2H3/b21-12-. The van der Waals surface area contributed by atoms with E-state index in [0.717, 1.165) is 34.7 Å². The molecule has 0 unspecified atom stereocenters. The Labute approximate surface area is 162 Å². The van der Waals surface area contributed by atoms with Gasteiger partial charge in [0.25, 0.3) is 0 Å². The normalized spacial score (nSPS) is 13.4. The Morgan fingerprint density at radius 3 is 3.00 bits per heavy atom. The summed E-state index contributed by atoms with van der Waals surface area (Å²) >= 11 is 1.60. The highest BCUT2D eigenvalue weighted by atomic mass is 32.2. The van der Waals surface area contributed by atoms with Crippen molar-refractivity contribution in [1.29, 1.82) is 0 Å². The molecule has 27 heavy (non-hydrogen) atoms. The van der Waals surface area contributed by atoms with Gasteiger partial charge in [-0.3, -0.25) is 0 Å². The van der Waals surface area contributed by atoms with E-state index in [0.29, 0.717) is 12.4 Å². The van der Waals surface area contributed by atoms with Crippen LogP contribution in [0.5, 0.6) is 5.75 Å². The van der Waals surface area contributed by atoms with Crippen molar-refractivity contribution in [2.75, 3.05) is 5.75 Å². The largest absolute Gasteiger partial charge is 0.486 e. The van der Waals surface area contributed by atoms with E-state index in [-0.39, 0.29) is 0 Å². The van der Waals surface area contributed by atoms with Crippen molar-refractivity contribution in [2.45, 2.75) is 44.9 Å². The molecule has 4 rings (SSSR count). The van der Waals surface area contributed by atoms with Crippen molar-refractivity contribution in [3.8, 4) is 5.75 Å². The van der Waals surface area contributed by atoms with Crippen LogP contribution in [0.3, 0.4) is 0 Å². The number of ether oxygens (including phenoxy) is 1. The maximum Gasteiger partial charge on any atom is 0.212 e. The molecule has 0 fully saturated rings. The summed E-state index contributed by atoms with van der Waals surface area (Å²) in [5.74, 6) is 3.99. The van der Waals surface area contributed by atoms with E-state index in [1.165, 1.54) is 24.0 Å². The summed E-state index contributed by atoms with van der Waals surface area (Å²) in [7, 11) is 0. The van der Waals surface area contributed by atoms with Gasteiger partial charge in [0.2, 0.25) is 5.16 Å². The quantitative estimate of drug-likeness (QED) is 0.452. The lowest BCUT2D eigenvalue weighted by atomic mass is 10.1. The smallest absolute Gasteiger partial charge is 0.212 e. The SMILES string of the molecule is CCSc1nnc(C)n1/N=C\c1ccc(COc2ccc3c(c2)CCC3)o1. The molecule has 3 aromatic rings. The van der Waals surface area contributed by atoms with Crippen molar-refractivity contribution >= 4 is 18.0 Å². The third-order valence-corrected chi connectivity index (χ3v) is 5.28. The summed E-state index contributed by atoms with van der Waals surface area (Å²) in [6.07, 6.45) is 5.24. The molecule has 1 aliphatic rings. The number of aryl methyl sites for hydroxylation is 3. The topological polar surface area (TPSA) is 65.4 Å². The first kappa shape index (κ1) is 17.9. The van der Waals surface area contributed by atoms with Crippen LogP contribution in [0.1, 0.15) is 41.8 Å². The number of thioether (sulfide) groups is 1. The molecule has 1 aliphatic carbocycles. The van der Waals surface area contributed by atoms with Gasteiger partial charge in [0.1, 0.15) is 23.9 Å². The van der Waals surface area contributed by atoms with E-state index in [9.17, 15) is 0 Å². The minimum Gasteiger partial charge on any atom is -0.486 e. The van der Waals surface area contributed by atoms with Crippen molar-refractivity contribution < 1.29 is 9.15 Å². The van der Waals surface area contributed by atoms with Crippen molar-refractivity contribution in [2.24, 2.45) is 5.10 Å². The zero-order valence-corrected chi connectivity index (χ0v) is 16.3. The minimum absolute atomic E-state index is 0.398. The Balaban J connectivity index is 1.39. The Kier molecular flexibility index (Phi) is 5.29. The first-order chi connectivity index (χ1) is 13.2. The van der Waals surface area contributed by atoms with Crippen LogP contribution in [0.15, 0.2) is 45.0 Å². The van der Waals surface area contributed by atoms with E-state index < -0.39 is 0 Å². The average molecular weight is 382 g/mol. The number of rotatable bonds is 7. The van der Waals surface area contributed by atoms with Crippen LogP contribution in [0.25, 0.3) is 0 Å². The Bertz CT molecular complexity index is 961. The van der Waals surface area contributed by atoms with Gasteiger partial charge in [-0.2, -0.15) is 9.78 Å². The second kappa shape index (κ2) is 8.00. The molecule has 0 atom stereocenters. The number of aromatic nitrogens is 3. The number of hydrogen-bond donors (Lipinski definition) is 0. The second-order valence-electron chi connectivity index (χ2n) is 6.40. The number of nitrogens with zero attached hydrogens (tertiary/aromatic N) is 4. The van der Waals surface area contributed by atoms with Crippen LogP contribution in [0.4, 0.5) is 0 Å². The summed E-state index contributed by atoms with van der Waals surface area (Å²) in [6.45, 7) is 4.35. The highest BCUT2D eigenvalue weighted by Gasteiger charge is 2.12. The molecule has 140 valence electrons. The Morgan fingerprint density at radius 2 is 2.11 bits per heavy atom. The number of furan rings is 1. The molecule has 0 spiro atoms. The van der Waals surface area contributed by atoms with Crippen LogP contribution in [-0.4, -0.2) is 26.8 Å². The van der Waals surface area contributed by atoms with Gasteiger partial charge in [0.05, 0.1) is 6.21 Å². The van der Waals surface area contributed by atoms with E-state index >= 15 is 0 Å². The minimum atomic E-state index is 0.398. The van der Waals surface area contributed by atoms with Crippen molar-refractivity contribution in [3.63, 3.8) is 0 Å². The van der Waals surface area contributed by atoms with Crippen LogP contribution in [0.2, 0.25) is 0 Å². The van der Waals surface area contributed by atoms with E-state index in [4.69, 9.17) is 9.15 Å². The lowest BCUT2D eigenvalue weighted by Crippen LogP contribution is -1.96. The summed E-state index contributed by atoms with van der Waals surface area (Å²) < 4.78 is 13.4. The molecular formula is C20H22N4O2S. The molecule has 0 N–H and O–H groups in total.